The maximum Gasteiger partial charge on any atom is 0.0215 e. The molecule has 0 N–H and O–H groups in total. The van der Waals surface area contributed by atoms with E-state index in [1.807, 2.05) is 0 Å². The summed E-state index contributed by atoms with van der Waals surface area (Å²) < 4.78 is 0. The quantitative estimate of drug-likeness (QED) is 0.159. The van der Waals surface area contributed by atoms with Gasteiger partial charge in [-0.05, 0) is 141 Å². The molecule has 0 aliphatic heterocycles. The van der Waals surface area contributed by atoms with Crippen LogP contribution in [0.5, 0.6) is 0 Å². The number of benzene rings is 9. The Morgan fingerprint density at radius 2 is 0.877 bits per heavy atom. The zero-order chi connectivity index (χ0) is 37.9. The summed E-state index contributed by atoms with van der Waals surface area (Å²) in [6.07, 6.45) is 6.40. The molecule has 0 atom stereocenters. The lowest BCUT2D eigenvalue weighted by Gasteiger charge is -2.36. The van der Waals surface area contributed by atoms with E-state index in [0.717, 1.165) is 0 Å². The topological polar surface area (TPSA) is 0 Å². The first kappa shape index (κ1) is 33.0. The second-order valence-corrected chi connectivity index (χ2v) is 17.4. The summed E-state index contributed by atoms with van der Waals surface area (Å²) in [5.41, 5.74) is 19.3. The second kappa shape index (κ2) is 12.1. The summed E-state index contributed by atoms with van der Waals surface area (Å²) >= 11 is 0. The Labute approximate surface area is 335 Å². The Balaban J connectivity index is 1.17. The van der Waals surface area contributed by atoms with Crippen LogP contribution in [0, 0.1) is 0 Å². The van der Waals surface area contributed by atoms with E-state index in [-0.39, 0.29) is 10.8 Å². The first-order chi connectivity index (χ1) is 28.0. The third-order valence-corrected chi connectivity index (χ3v) is 14.3. The third-order valence-electron chi connectivity index (χ3n) is 14.3. The van der Waals surface area contributed by atoms with E-state index >= 15 is 0 Å². The van der Waals surface area contributed by atoms with Crippen LogP contribution in [0.25, 0.3) is 88.0 Å². The lowest BCUT2D eigenvalue weighted by molar-refractivity contribution is 0.353. The molecular formula is C57H44. The van der Waals surface area contributed by atoms with Gasteiger partial charge in [-0.25, -0.2) is 0 Å². The summed E-state index contributed by atoms with van der Waals surface area (Å²) in [5, 5.41) is 7.83. The molecule has 0 heterocycles. The Kier molecular flexibility index (Phi) is 7.01. The molecule has 9 aromatic carbocycles. The molecule has 0 amide bonds. The molecule has 0 aromatic heterocycles. The van der Waals surface area contributed by atoms with Gasteiger partial charge in [-0.2, -0.15) is 0 Å². The molecule has 3 aliphatic rings. The van der Waals surface area contributed by atoms with E-state index in [9.17, 15) is 0 Å². The van der Waals surface area contributed by atoms with Gasteiger partial charge in [-0.3, -0.25) is 0 Å². The van der Waals surface area contributed by atoms with Gasteiger partial charge in [0.2, 0.25) is 0 Å². The largest absolute Gasteiger partial charge is 0.0622 e. The van der Waals surface area contributed by atoms with Crippen LogP contribution in [0.2, 0.25) is 0 Å². The highest BCUT2D eigenvalue weighted by Crippen LogP contribution is 2.58. The van der Waals surface area contributed by atoms with Gasteiger partial charge in [-0.1, -0.05) is 185 Å². The lowest BCUT2D eigenvalue weighted by Crippen LogP contribution is -2.28. The number of hydrogen-bond donors (Lipinski definition) is 0. The van der Waals surface area contributed by atoms with Crippen LogP contribution in [-0.2, 0) is 10.8 Å². The Morgan fingerprint density at radius 1 is 0.316 bits per heavy atom. The molecule has 272 valence electrons. The zero-order valence-electron chi connectivity index (χ0n) is 32.7. The molecule has 0 radical (unpaired) electrons. The second-order valence-electron chi connectivity index (χ2n) is 17.4. The SMILES string of the molecule is CC1(C)c2ccccc2-c2c1cc(-c1c3ccccc3c(-c3ccccc3)c3ccc(-c4ccc5c(c4)C4(CCCCC4)c4ccccc4-5)cc13)c1ccccc21. The van der Waals surface area contributed by atoms with Crippen molar-refractivity contribution in [1.29, 1.82) is 0 Å². The fourth-order valence-electron chi connectivity index (χ4n) is 11.6. The summed E-state index contributed by atoms with van der Waals surface area (Å²) in [6.45, 7) is 4.82. The molecule has 0 saturated heterocycles. The summed E-state index contributed by atoms with van der Waals surface area (Å²) in [5.74, 6) is 0. The van der Waals surface area contributed by atoms with Crippen molar-refractivity contribution in [1.82, 2.24) is 0 Å². The van der Waals surface area contributed by atoms with Crippen molar-refractivity contribution < 1.29 is 0 Å². The minimum Gasteiger partial charge on any atom is -0.0622 e. The number of fused-ring (bicyclic) bond motifs is 12. The molecule has 1 fully saturated rings. The molecule has 3 aliphatic carbocycles. The van der Waals surface area contributed by atoms with Crippen LogP contribution in [0.1, 0.15) is 68.2 Å². The smallest absolute Gasteiger partial charge is 0.0215 e. The van der Waals surface area contributed by atoms with E-state index < -0.39 is 0 Å². The van der Waals surface area contributed by atoms with Gasteiger partial charge >= 0.3 is 0 Å². The van der Waals surface area contributed by atoms with Crippen LogP contribution in [0.15, 0.2) is 170 Å². The van der Waals surface area contributed by atoms with Gasteiger partial charge in [0, 0.05) is 10.8 Å². The Morgan fingerprint density at radius 3 is 1.65 bits per heavy atom. The van der Waals surface area contributed by atoms with Gasteiger partial charge in [0.05, 0.1) is 0 Å². The minimum absolute atomic E-state index is 0.118. The van der Waals surface area contributed by atoms with E-state index in [1.54, 1.807) is 5.56 Å². The van der Waals surface area contributed by atoms with Crippen molar-refractivity contribution in [3.05, 3.63) is 192 Å². The van der Waals surface area contributed by atoms with Gasteiger partial charge in [0.1, 0.15) is 0 Å². The van der Waals surface area contributed by atoms with Crippen molar-refractivity contribution in [3.63, 3.8) is 0 Å². The van der Waals surface area contributed by atoms with Crippen molar-refractivity contribution in [2.24, 2.45) is 0 Å². The predicted octanol–water partition coefficient (Wildman–Crippen LogP) is 15.7. The average Bonchev–Trinajstić information content (AvgIpc) is 3.66. The molecular weight excluding hydrogens is 685 g/mol. The Hall–Kier alpha value is -6.24. The van der Waals surface area contributed by atoms with Crippen LogP contribution < -0.4 is 0 Å². The lowest BCUT2D eigenvalue weighted by atomic mass is 9.67. The number of rotatable bonds is 3. The highest BCUT2D eigenvalue weighted by molar-refractivity contribution is 6.25. The molecule has 1 saturated carbocycles. The zero-order valence-corrected chi connectivity index (χ0v) is 32.7. The summed E-state index contributed by atoms with van der Waals surface area (Å²) in [6, 6.07) is 65.0. The van der Waals surface area contributed by atoms with Crippen LogP contribution in [-0.4, -0.2) is 0 Å². The molecule has 12 rings (SSSR count). The fraction of sp³-hybridized carbons (Fsp3) is 0.158. The van der Waals surface area contributed by atoms with Crippen molar-refractivity contribution in [3.8, 4) is 55.6 Å². The highest BCUT2D eigenvalue weighted by atomic mass is 14.5. The summed E-state index contributed by atoms with van der Waals surface area (Å²) in [4.78, 5) is 0. The highest BCUT2D eigenvalue weighted by Gasteiger charge is 2.44. The van der Waals surface area contributed by atoms with Crippen molar-refractivity contribution >= 4 is 32.3 Å². The first-order valence-corrected chi connectivity index (χ1v) is 21.0. The van der Waals surface area contributed by atoms with E-state index in [0.29, 0.717) is 0 Å². The van der Waals surface area contributed by atoms with E-state index in [2.05, 4.69) is 184 Å². The molecule has 0 bridgehead atoms. The van der Waals surface area contributed by atoms with Crippen molar-refractivity contribution in [2.45, 2.75) is 56.8 Å². The minimum atomic E-state index is -0.122. The third kappa shape index (κ3) is 4.56. The maximum absolute atomic E-state index is 2.57. The van der Waals surface area contributed by atoms with E-state index in [4.69, 9.17) is 0 Å². The van der Waals surface area contributed by atoms with Crippen LogP contribution in [0.3, 0.4) is 0 Å². The fourth-order valence-corrected chi connectivity index (χ4v) is 11.6. The van der Waals surface area contributed by atoms with Gasteiger partial charge in [0.25, 0.3) is 0 Å². The maximum atomic E-state index is 2.57. The predicted molar refractivity (Wildman–Crippen MR) is 242 cm³/mol. The monoisotopic (exact) mass is 728 g/mol. The first-order valence-electron chi connectivity index (χ1n) is 21.0. The average molecular weight is 729 g/mol. The Bertz CT molecular complexity index is 3120. The normalized spacial score (nSPS) is 15.8. The molecule has 9 aromatic rings. The molecule has 57 heavy (non-hydrogen) atoms. The van der Waals surface area contributed by atoms with Crippen LogP contribution in [0.4, 0.5) is 0 Å². The standard InChI is InChI=1S/C57H44/c1-56(2)49-25-13-12-24-46(49)55-42-21-8-7-19-39(42)48(35-52(55)56)54-44-23-10-9-22-43(44)53(36-17-5-3-6-18-36)45-30-28-37(33-47(45)54)38-27-29-41-40-20-11-14-26-50(40)57(51(41)34-38)31-15-4-16-32-57/h3,5-14,17-30,33-35H,4,15-16,31-32H2,1-2H3. The molecule has 0 unspecified atom stereocenters. The summed E-state index contributed by atoms with van der Waals surface area (Å²) in [7, 11) is 0. The van der Waals surface area contributed by atoms with Gasteiger partial charge in [0.15, 0.2) is 0 Å². The molecule has 0 heteroatoms. The van der Waals surface area contributed by atoms with Gasteiger partial charge in [-0.15, -0.1) is 0 Å². The van der Waals surface area contributed by atoms with Crippen molar-refractivity contribution in [2.75, 3.05) is 0 Å². The number of hydrogen-bond acceptors (Lipinski definition) is 0. The van der Waals surface area contributed by atoms with Crippen LogP contribution >= 0.6 is 0 Å². The van der Waals surface area contributed by atoms with Gasteiger partial charge < -0.3 is 0 Å². The molecule has 0 nitrogen and oxygen atoms in total. The molecule has 1 spiro atoms. The van der Waals surface area contributed by atoms with E-state index in [1.165, 1.54) is 137 Å².